The number of aryl methyl sites for hydroxylation is 1. The molecule has 3 atom stereocenters. The first kappa shape index (κ1) is 20.9. The van der Waals surface area contributed by atoms with Crippen LogP contribution in [0.15, 0.2) is 72.7 Å². The molecule has 3 unspecified atom stereocenters. The van der Waals surface area contributed by atoms with E-state index in [1.807, 2.05) is 54.6 Å². The minimum Gasteiger partial charge on any atom is -0.493 e. The lowest BCUT2D eigenvalue weighted by molar-refractivity contribution is -0.149. The van der Waals surface area contributed by atoms with Crippen LogP contribution in [0.5, 0.6) is 5.75 Å². The minimum absolute atomic E-state index is 0.0513. The van der Waals surface area contributed by atoms with Crippen molar-refractivity contribution >= 4 is 17.8 Å². The Hall–Kier alpha value is -3.34. The Morgan fingerprint density at radius 1 is 1.10 bits per heavy atom. The molecule has 1 aliphatic carbocycles. The molecule has 0 spiro atoms. The van der Waals surface area contributed by atoms with Gasteiger partial charge in [-0.2, -0.15) is 0 Å². The van der Waals surface area contributed by atoms with Crippen LogP contribution in [0.1, 0.15) is 37.3 Å². The zero-order valence-corrected chi connectivity index (χ0v) is 17.5. The van der Waals surface area contributed by atoms with Crippen molar-refractivity contribution in [3.63, 3.8) is 0 Å². The molecule has 5 nitrogen and oxygen atoms in total. The molecule has 1 heterocycles. The van der Waals surface area contributed by atoms with Gasteiger partial charge in [0.2, 0.25) is 11.5 Å². The molecular weight excluding hydrogens is 392 g/mol. The van der Waals surface area contributed by atoms with Gasteiger partial charge in [0.05, 0.1) is 5.92 Å². The zero-order valence-electron chi connectivity index (χ0n) is 17.5. The Labute approximate surface area is 182 Å². The van der Waals surface area contributed by atoms with Crippen LogP contribution >= 0.6 is 0 Å². The van der Waals surface area contributed by atoms with Gasteiger partial charge in [0.1, 0.15) is 24.2 Å². The van der Waals surface area contributed by atoms with E-state index in [0.29, 0.717) is 25.0 Å². The Balaban J connectivity index is 1.32. The second kappa shape index (κ2) is 9.65. The predicted octanol–water partition coefficient (Wildman–Crippen LogP) is 4.86. The molecule has 1 saturated carbocycles. The average Bonchev–Trinajstić information content (AvgIpc) is 2.81. The van der Waals surface area contributed by atoms with E-state index in [9.17, 15) is 9.59 Å². The second-order valence-corrected chi connectivity index (χ2v) is 7.84. The number of Topliss-reactive ketones (excluding diaryl/α,β-unsaturated/α-hetero) is 1. The van der Waals surface area contributed by atoms with Gasteiger partial charge in [-0.1, -0.05) is 49.4 Å². The summed E-state index contributed by atoms with van der Waals surface area (Å²) in [6.07, 6.45) is 6.67. The third kappa shape index (κ3) is 5.23. The fourth-order valence-corrected chi connectivity index (χ4v) is 3.97. The lowest BCUT2D eigenvalue weighted by atomic mass is 9.80. The molecule has 1 aliphatic heterocycles. The van der Waals surface area contributed by atoms with Crippen molar-refractivity contribution in [3.8, 4) is 5.75 Å². The van der Waals surface area contributed by atoms with Crippen LogP contribution in [0.4, 0.5) is 0 Å². The molecule has 0 aromatic heterocycles. The van der Waals surface area contributed by atoms with Crippen molar-refractivity contribution in [3.05, 3.63) is 83.8 Å². The normalized spacial score (nSPS) is 22.9. The smallest absolute Gasteiger partial charge is 0.331 e. The third-order valence-corrected chi connectivity index (χ3v) is 5.73. The van der Waals surface area contributed by atoms with Gasteiger partial charge < -0.3 is 14.2 Å². The summed E-state index contributed by atoms with van der Waals surface area (Å²) in [5.41, 5.74) is 2.14. The summed E-state index contributed by atoms with van der Waals surface area (Å²) in [4.78, 5) is 25.0. The van der Waals surface area contributed by atoms with Crippen molar-refractivity contribution in [1.29, 1.82) is 0 Å². The number of ether oxygens (including phenoxy) is 3. The van der Waals surface area contributed by atoms with E-state index in [1.165, 1.54) is 17.9 Å². The van der Waals surface area contributed by atoms with Gasteiger partial charge >= 0.3 is 5.97 Å². The number of ketones is 1. The number of fused-ring (bicyclic) bond motifs is 1. The largest absolute Gasteiger partial charge is 0.493 e. The first-order valence-electron chi connectivity index (χ1n) is 10.7. The van der Waals surface area contributed by atoms with E-state index in [1.54, 1.807) is 6.08 Å². The average molecular weight is 418 g/mol. The number of carbonyl (C=O) groups excluding carboxylic acids is 2. The fourth-order valence-electron chi connectivity index (χ4n) is 3.97. The molecule has 2 aliphatic rings. The van der Waals surface area contributed by atoms with Gasteiger partial charge in [0.15, 0.2) is 0 Å². The molecule has 0 bridgehead atoms. The highest BCUT2D eigenvalue weighted by atomic mass is 16.5. The molecule has 1 fully saturated rings. The number of rotatable bonds is 6. The summed E-state index contributed by atoms with van der Waals surface area (Å²) in [5.74, 6) is 0.136. The summed E-state index contributed by atoms with van der Waals surface area (Å²) >= 11 is 0. The van der Waals surface area contributed by atoms with Crippen LogP contribution in [0.25, 0.3) is 6.08 Å². The number of esters is 1. The van der Waals surface area contributed by atoms with Crippen molar-refractivity contribution in [1.82, 2.24) is 0 Å². The molecule has 4 rings (SSSR count). The summed E-state index contributed by atoms with van der Waals surface area (Å²) in [7, 11) is 0. The molecule has 0 N–H and O–H groups in total. The van der Waals surface area contributed by atoms with E-state index < -0.39 is 0 Å². The van der Waals surface area contributed by atoms with Gasteiger partial charge in [0.25, 0.3) is 0 Å². The summed E-state index contributed by atoms with van der Waals surface area (Å²) in [6.45, 7) is 2.09. The van der Waals surface area contributed by atoms with E-state index in [4.69, 9.17) is 14.2 Å². The van der Waals surface area contributed by atoms with Gasteiger partial charge in [-0.05, 0) is 48.6 Å². The van der Waals surface area contributed by atoms with Crippen LogP contribution in [-0.4, -0.2) is 24.0 Å². The number of allylic oxidation sites excluding steroid dienone is 1. The highest BCUT2D eigenvalue weighted by molar-refractivity contribution is 5.96. The number of hydrogen-bond acceptors (Lipinski definition) is 5. The Bertz CT molecular complexity index is 975. The molecule has 2 aromatic rings. The maximum absolute atomic E-state index is 12.9. The molecular formula is C26H26O5. The maximum atomic E-state index is 12.9. The van der Waals surface area contributed by atoms with E-state index in [0.717, 1.165) is 12.0 Å². The van der Waals surface area contributed by atoms with Gasteiger partial charge in [-0.25, -0.2) is 4.79 Å². The SMILES string of the molecule is CCc1ccc(OC2=COC3CC(OC(=O)/C=C/c4ccccc4)CCC3C2=O)cc1. The molecule has 31 heavy (non-hydrogen) atoms. The van der Waals surface area contributed by atoms with Gasteiger partial charge in [-0.3, -0.25) is 4.79 Å². The quantitative estimate of drug-likeness (QED) is 0.495. The molecule has 5 heteroatoms. The van der Waals surface area contributed by atoms with Crippen molar-refractivity contribution in [2.24, 2.45) is 5.92 Å². The van der Waals surface area contributed by atoms with Gasteiger partial charge in [0, 0.05) is 12.5 Å². The molecule has 0 radical (unpaired) electrons. The van der Waals surface area contributed by atoms with Gasteiger partial charge in [-0.15, -0.1) is 0 Å². The van der Waals surface area contributed by atoms with E-state index in [2.05, 4.69) is 6.92 Å². The zero-order chi connectivity index (χ0) is 21.6. The van der Waals surface area contributed by atoms with Crippen LogP contribution in [0.2, 0.25) is 0 Å². The van der Waals surface area contributed by atoms with Crippen molar-refractivity contribution in [2.75, 3.05) is 0 Å². The Morgan fingerprint density at radius 3 is 2.61 bits per heavy atom. The summed E-state index contributed by atoms with van der Waals surface area (Å²) < 4.78 is 17.2. The standard InChI is InChI=1S/C26H26O5/c1-2-18-8-11-20(12-9-18)30-24-17-29-23-16-21(13-14-22(23)26(24)28)31-25(27)15-10-19-6-4-3-5-7-19/h3-12,15,17,21-23H,2,13-14,16H2,1H3/b15-10+. The maximum Gasteiger partial charge on any atom is 0.331 e. The number of carbonyl (C=O) groups is 2. The molecule has 160 valence electrons. The highest BCUT2D eigenvalue weighted by Gasteiger charge is 2.42. The van der Waals surface area contributed by atoms with Crippen LogP contribution in [0, 0.1) is 5.92 Å². The number of benzene rings is 2. The Morgan fingerprint density at radius 2 is 1.87 bits per heavy atom. The first-order valence-corrected chi connectivity index (χ1v) is 10.7. The van der Waals surface area contributed by atoms with Crippen LogP contribution < -0.4 is 4.74 Å². The van der Waals surface area contributed by atoms with Crippen molar-refractivity contribution in [2.45, 2.75) is 44.8 Å². The topological polar surface area (TPSA) is 61.8 Å². The number of hydrogen-bond donors (Lipinski definition) is 0. The van der Waals surface area contributed by atoms with Crippen molar-refractivity contribution < 1.29 is 23.8 Å². The lowest BCUT2D eigenvalue weighted by Crippen LogP contribution is -2.42. The summed E-state index contributed by atoms with van der Waals surface area (Å²) in [5, 5.41) is 0. The van der Waals surface area contributed by atoms with E-state index in [-0.39, 0.29) is 35.6 Å². The molecule has 0 amide bonds. The van der Waals surface area contributed by atoms with Crippen LogP contribution in [-0.2, 0) is 25.5 Å². The molecule has 2 aromatic carbocycles. The van der Waals surface area contributed by atoms with E-state index >= 15 is 0 Å². The monoisotopic (exact) mass is 418 g/mol. The Kier molecular flexibility index (Phi) is 6.51. The lowest BCUT2D eigenvalue weighted by Gasteiger charge is -2.36. The predicted molar refractivity (Wildman–Crippen MR) is 117 cm³/mol. The highest BCUT2D eigenvalue weighted by Crippen LogP contribution is 2.35. The second-order valence-electron chi connectivity index (χ2n) is 7.84. The summed E-state index contributed by atoms with van der Waals surface area (Å²) in [6, 6.07) is 17.3. The van der Waals surface area contributed by atoms with Crippen LogP contribution in [0.3, 0.4) is 0 Å². The third-order valence-electron chi connectivity index (χ3n) is 5.73. The first-order chi connectivity index (χ1) is 15.1. The fraction of sp³-hybridized carbons (Fsp3) is 0.308. The minimum atomic E-state index is -0.385. The molecule has 0 saturated heterocycles.